The number of aryl methyl sites for hydroxylation is 1. The zero-order valence-corrected chi connectivity index (χ0v) is 22.1. The normalized spacial score (nSPS) is 19.0. The van der Waals surface area contributed by atoms with E-state index in [1.807, 2.05) is 0 Å². The molecule has 15 heteroatoms. The highest BCUT2D eigenvalue weighted by molar-refractivity contribution is 7.17. The highest BCUT2D eigenvalue weighted by atomic mass is 32.1. The number of aromatic nitrogens is 1. The van der Waals surface area contributed by atoms with Crippen molar-refractivity contribution >= 4 is 29.1 Å². The van der Waals surface area contributed by atoms with E-state index in [-0.39, 0.29) is 39.3 Å². The number of carbonyl (C=O) groups is 3. The van der Waals surface area contributed by atoms with Gasteiger partial charge in [-0.2, -0.15) is 26.3 Å². The number of benzene rings is 1. The second-order valence-electron chi connectivity index (χ2n) is 10.2. The van der Waals surface area contributed by atoms with E-state index in [4.69, 9.17) is 0 Å². The van der Waals surface area contributed by atoms with E-state index in [0.717, 1.165) is 6.07 Å². The van der Waals surface area contributed by atoms with Crippen LogP contribution in [0.15, 0.2) is 18.2 Å². The van der Waals surface area contributed by atoms with Crippen LogP contribution in [0.5, 0.6) is 0 Å². The smallest absolute Gasteiger partial charge is 0.430 e. The Kier molecular flexibility index (Phi) is 7.45. The lowest BCUT2D eigenvalue weighted by Gasteiger charge is -2.33. The van der Waals surface area contributed by atoms with Gasteiger partial charge in [0, 0.05) is 24.7 Å². The molecular weight excluding hydrogens is 568 g/mol. The summed E-state index contributed by atoms with van der Waals surface area (Å²) < 4.78 is 80.5. The third kappa shape index (κ3) is 5.04. The van der Waals surface area contributed by atoms with Gasteiger partial charge in [0.25, 0.3) is 17.4 Å². The van der Waals surface area contributed by atoms with Gasteiger partial charge in [-0.05, 0) is 50.7 Å². The van der Waals surface area contributed by atoms with Gasteiger partial charge in [0.15, 0.2) is 5.01 Å². The summed E-state index contributed by atoms with van der Waals surface area (Å²) in [6, 6.07) is 1.75. The maximum atomic E-state index is 13.4. The second kappa shape index (κ2) is 10.0. The van der Waals surface area contributed by atoms with Crippen LogP contribution in [-0.4, -0.2) is 69.4 Å². The van der Waals surface area contributed by atoms with E-state index in [1.165, 1.54) is 11.8 Å². The fourth-order valence-electron chi connectivity index (χ4n) is 4.69. The number of hydrogen-bond donors (Lipinski definition) is 3. The first-order chi connectivity index (χ1) is 18.4. The number of carboxylic acid groups (broad SMARTS) is 1. The fraction of sp³-hybridized carbons (Fsp3) is 0.520. The van der Waals surface area contributed by atoms with Gasteiger partial charge in [0.2, 0.25) is 0 Å². The molecule has 4 rings (SSSR count). The summed E-state index contributed by atoms with van der Waals surface area (Å²) in [5.74, 6) is -2.41. The molecule has 1 atom stereocenters. The number of thiazole rings is 1. The molecule has 1 aromatic heterocycles. The first-order valence-corrected chi connectivity index (χ1v) is 13.1. The lowest BCUT2D eigenvalue weighted by Crippen LogP contribution is -2.53. The molecule has 1 aromatic carbocycles. The van der Waals surface area contributed by atoms with Crippen molar-refractivity contribution in [2.75, 3.05) is 13.1 Å². The molecular formula is C25H25F6N3O5S. The van der Waals surface area contributed by atoms with E-state index >= 15 is 0 Å². The lowest BCUT2D eigenvalue weighted by atomic mass is 9.89. The van der Waals surface area contributed by atoms with E-state index in [9.17, 15) is 50.9 Å². The summed E-state index contributed by atoms with van der Waals surface area (Å²) in [6.45, 7) is 3.23. The number of carbonyl (C=O) groups excluding carboxylic acids is 2. The van der Waals surface area contributed by atoms with Gasteiger partial charge in [0.1, 0.15) is 5.69 Å². The lowest BCUT2D eigenvalue weighted by molar-refractivity contribution is -0.376. The van der Waals surface area contributed by atoms with Gasteiger partial charge in [-0.1, -0.05) is 18.2 Å². The van der Waals surface area contributed by atoms with Crippen molar-refractivity contribution in [3.05, 3.63) is 40.0 Å². The number of nitrogens with one attached hydrogen (secondary N) is 1. The molecule has 1 unspecified atom stereocenters. The minimum atomic E-state index is -6.07. The number of alkyl halides is 6. The summed E-state index contributed by atoms with van der Waals surface area (Å²) in [7, 11) is 0. The minimum Gasteiger partial charge on any atom is -0.481 e. The molecule has 2 aromatic rings. The van der Waals surface area contributed by atoms with Crippen LogP contribution in [0.3, 0.4) is 0 Å². The quantitative estimate of drug-likeness (QED) is 0.402. The fourth-order valence-corrected chi connectivity index (χ4v) is 5.75. The number of aliphatic carboxylic acids is 1. The van der Waals surface area contributed by atoms with Gasteiger partial charge in [-0.25, -0.2) is 4.98 Å². The molecule has 2 heterocycles. The van der Waals surface area contributed by atoms with Crippen LogP contribution in [0, 0.1) is 12.3 Å². The number of aliphatic hydroxyl groups is 1. The second-order valence-corrected chi connectivity index (χ2v) is 11.2. The molecule has 1 aliphatic heterocycles. The first kappa shape index (κ1) is 29.8. The highest BCUT2D eigenvalue weighted by Gasteiger charge is 2.71. The van der Waals surface area contributed by atoms with Crippen molar-refractivity contribution in [1.29, 1.82) is 0 Å². The molecule has 1 saturated heterocycles. The monoisotopic (exact) mass is 593 g/mol. The van der Waals surface area contributed by atoms with Crippen LogP contribution < -0.4 is 5.32 Å². The average Bonchev–Trinajstić information content (AvgIpc) is 3.33. The molecule has 0 radical (unpaired) electrons. The van der Waals surface area contributed by atoms with E-state index < -0.39 is 46.7 Å². The number of hydrogen-bond acceptors (Lipinski definition) is 6. The Balaban J connectivity index is 1.76. The predicted molar refractivity (Wildman–Crippen MR) is 130 cm³/mol. The van der Waals surface area contributed by atoms with Crippen molar-refractivity contribution in [1.82, 2.24) is 15.2 Å². The largest absolute Gasteiger partial charge is 0.481 e. The molecule has 2 aliphatic rings. The Hall–Kier alpha value is -3.20. The molecule has 2 amide bonds. The Bertz CT molecular complexity index is 1340. The first-order valence-electron chi connectivity index (χ1n) is 12.2. The molecule has 40 heavy (non-hydrogen) atoms. The molecule has 1 saturated carbocycles. The summed E-state index contributed by atoms with van der Waals surface area (Å²) in [4.78, 5) is 43.5. The number of amides is 2. The molecule has 8 nitrogen and oxygen atoms in total. The zero-order valence-electron chi connectivity index (χ0n) is 21.2. The Morgan fingerprint density at radius 1 is 1.15 bits per heavy atom. The number of nitrogens with zero attached hydrogens (tertiary/aromatic N) is 2. The van der Waals surface area contributed by atoms with Gasteiger partial charge in [-0.15, -0.1) is 11.3 Å². The van der Waals surface area contributed by atoms with Crippen molar-refractivity contribution in [3.63, 3.8) is 0 Å². The summed E-state index contributed by atoms with van der Waals surface area (Å²) in [6.07, 6.45) is -9.99. The predicted octanol–water partition coefficient (Wildman–Crippen LogP) is 4.65. The van der Waals surface area contributed by atoms with E-state index in [0.29, 0.717) is 55.7 Å². The third-order valence-corrected chi connectivity index (χ3v) is 8.53. The van der Waals surface area contributed by atoms with Crippen LogP contribution >= 0.6 is 11.3 Å². The molecule has 0 bridgehead atoms. The van der Waals surface area contributed by atoms with E-state index in [1.54, 1.807) is 6.92 Å². The van der Waals surface area contributed by atoms with Crippen LogP contribution in [-0.2, 0) is 10.4 Å². The Morgan fingerprint density at radius 3 is 2.25 bits per heavy atom. The third-order valence-electron chi connectivity index (χ3n) is 7.44. The van der Waals surface area contributed by atoms with Crippen molar-refractivity contribution in [3.8, 4) is 10.4 Å². The number of carboxylic acids is 1. The Labute approximate surface area is 228 Å². The standard InChI is InChI=1S/C25H25F6N3O5S/c1-12-10-14(23(39,24(26,27)28)25(29,30)31)5-6-15(12)17-16(20(36)34-9-3-4-13(34)2)33-19(40-17)18(35)32-11-22(7-8-22)21(37)38/h5-6,10,13,39H,3-4,7-9,11H2,1-2H3,(H,32,35)(H,37,38). The van der Waals surface area contributed by atoms with Gasteiger partial charge < -0.3 is 20.4 Å². The van der Waals surface area contributed by atoms with Crippen LogP contribution in [0.1, 0.15) is 64.0 Å². The van der Waals surface area contributed by atoms with E-state index in [2.05, 4.69) is 10.3 Å². The molecule has 3 N–H and O–H groups in total. The van der Waals surface area contributed by atoms with Crippen LogP contribution in [0.2, 0.25) is 0 Å². The summed E-state index contributed by atoms with van der Waals surface area (Å²) >= 11 is 0.702. The maximum absolute atomic E-state index is 13.4. The number of halogens is 6. The minimum absolute atomic E-state index is 0.0419. The number of rotatable bonds is 7. The Morgan fingerprint density at radius 2 is 1.77 bits per heavy atom. The van der Waals surface area contributed by atoms with Crippen molar-refractivity contribution in [2.24, 2.45) is 5.41 Å². The van der Waals surface area contributed by atoms with Crippen molar-refractivity contribution < 1.29 is 50.9 Å². The topological polar surface area (TPSA) is 120 Å². The molecule has 1 aliphatic carbocycles. The summed E-state index contributed by atoms with van der Waals surface area (Å²) in [5, 5.41) is 21.4. The van der Waals surface area contributed by atoms with Crippen LogP contribution in [0.25, 0.3) is 10.4 Å². The van der Waals surface area contributed by atoms with Gasteiger partial charge in [-0.3, -0.25) is 14.4 Å². The van der Waals surface area contributed by atoms with Crippen molar-refractivity contribution in [2.45, 2.75) is 63.5 Å². The molecule has 218 valence electrons. The highest BCUT2D eigenvalue weighted by Crippen LogP contribution is 2.51. The number of likely N-dealkylation sites (tertiary alicyclic amines) is 1. The summed E-state index contributed by atoms with van der Waals surface area (Å²) in [5.41, 5.74) is -7.96. The molecule has 0 spiro atoms. The van der Waals surface area contributed by atoms with Gasteiger partial charge in [0.05, 0.1) is 10.3 Å². The van der Waals surface area contributed by atoms with Crippen LogP contribution in [0.4, 0.5) is 26.3 Å². The maximum Gasteiger partial charge on any atom is 0.430 e. The average molecular weight is 594 g/mol. The zero-order chi connectivity index (χ0) is 29.8. The molecule has 2 fully saturated rings. The van der Waals surface area contributed by atoms with Gasteiger partial charge >= 0.3 is 18.3 Å². The SMILES string of the molecule is Cc1cc(C(O)(C(F)(F)F)C(F)(F)F)ccc1-c1sc(C(=O)NCC2(C(=O)O)CC2)nc1C(=O)N1CCCC1C.